The Labute approximate surface area is 114 Å². The Bertz CT molecular complexity index is 386. The van der Waals surface area contributed by atoms with Gasteiger partial charge in [-0.25, -0.2) is 0 Å². The van der Waals surface area contributed by atoms with E-state index in [0.29, 0.717) is 0 Å². The van der Waals surface area contributed by atoms with Crippen LogP contribution in [0.15, 0.2) is 29.8 Å². The highest BCUT2D eigenvalue weighted by Gasteiger charge is 2.02. The van der Waals surface area contributed by atoms with Crippen molar-refractivity contribution in [2.75, 3.05) is 13.1 Å². The second-order valence-corrected chi connectivity index (χ2v) is 4.95. The Balaban J connectivity index is 2.55. The topological polar surface area (TPSA) is 12.0 Å². The lowest BCUT2D eigenvalue weighted by atomic mass is 10.1. The van der Waals surface area contributed by atoms with Crippen molar-refractivity contribution in [1.29, 1.82) is 0 Å². The van der Waals surface area contributed by atoms with E-state index in [0.717, 1.165) is 41.5 Å². The summed E-state index contributed by atoms with van der Waals surface area (Å²) >= 11 is 12.1. The first-order valence-corrected chi connectivity index (χ1v) is 6.69. The summed E-state index contributed by atoms with van der Waals surface area (Å²) in [4.78, 5) is 0. The maximum Gasteiger partial charge on any atom is 0.0442 e. The number of hydrogen-bond donors (Lipinski definition) is 1. The number of rotatable bonds is 6. The summed E-state index contributed by atoms with van der Waals surface area (Å²) in [5.41, 5.74) is 2.42. The monoisotopic (exact) mass is 271 g/mol. The van der Waals surface area contributed by atoms with Crippen molar-refractivity contribution in [3.05, 3.63) is 45.5 Å². The molecule has 0 aromatic heterocycles. The highest BCUT2D eigenvalue weighted by Crippen LogP contribution is 2.23. The Kier molecular flexibility index (Phi) is 6.64. The summed E-state index contributed by atoms with van der Waals surface area (Å²) in [5, 5.41) is 4.82. The zero-order valence-electron chi connectivity index (χ0n) is 10.4. The van der Waals surface area contributed by atoms with E-state index in [1.807, 2.05) is 18.2 Å². The molecule has 0 amide bonds. The minimum absolute atomic E-state index is 0.741. The van der Waals surface area contributed by atoms with Crippen LogP contribution >= 0.6 is 23.2 Å². The first kappa shape index (κ1) is 14.6. The van der Waals surface area contributed by atoms with Crippen molar-refractivity contribution >= 4 is 23.2 Å². The first-order valence-electron chi connectivity index (χ1n) is 5.93. The van der Waals surface area contributed by atoms with Gasteiger partial charge in [0, 0.05) is 10.0 Å². The lowest BCUT2D eigenvalue weighted by Crippen LogP contribution is -2.13. The molecule has 0 saturated carbocycles. The van der Waals surface area contributed by atoms with Crippen molar-refractivity contribution in [2.24, 2.45) is 0 Å². The van der Waals surface area contributed by atoms with Crippen molar-refractivity contribution in [1.82, 2.24) is 5.32 Å². The fourth-order valence-electron chi connectivity index (χ4n) is 1.65. The highest BCUT2D eigenvalue weighted by atomic mass is 35.5. The molecule has 0 aliphatic heterocycles. The van der Waals surface area contributed by atoms with Gasteiger partial charge in [0.25, 0.3) is 0 Å². The summed E-state index contributed by atoms with van der Waals surface area (Å²) in [7, 11) is 0. The molecule has 1 N–H and O–H groups in total. The SMILES string of the molecule is CCNCCC=C(C)Cc1cc(Cl)ccc1Cl. The summed E-state index contributed by atoms with van der Waals surface area (Å²) < 4.78 is 0. The molecule has 0 bridgehead atoms. The molecule has 0 fully saturated rings. The van der Waals surface area contributed by atoms with Crippen molar-refractivity contribution in [3.63, 3.8) is 0 Å². The zero-order valence-corrected chi connectivity index (χ0v) is 11.9. The van der Waals surface area contributed by atoms with Gasteiger partial charge in [-0.3, -0.25) is 0 Å². The van der Waals surface area contributed by atoms with Crippen LogP contribution in [0.2, 0.25) is 10.0 Å². The van der Waals surface area contributed by atoms with E-state index in [9.17, 15) is 0 Å². The van der Waals surface area contributed by atoms with E-state index in [1.165, 1.54) is 5.57 Å². The van der Waals surface area contributed by atoms with Gasteiger partial charge in [-0.2, -0.15) is 0 Å². The van der Waals surface area contributed by atoms with Gasteiger partial charge in [-0.1, -0.05) is 41.8 Å². The van der Waals surface area contributed by atoms with Crippen LogP contribution in [-0.4, -0.2) is 13.1 Å². The number of halogens is 2. The Morgan fingerprint density at radius 1 is 1.35 bits per heavy atom. The largest absolute Gasteiger partial charge is 0.317 e. The third kappa shape index (κ3) is 5.58. The van der Waals surface area contributed by atoms with Gasteiger partial charge in [0.15, 0.2) is 0 Å². The second kappa shape index (κ2) is 7.75. The molecule has 0 atom stereocenters. The van der Waals surface area contributed by atoms with Crippen molar-refractivity contribution in [2.45, 2.75) is 26.7 Å². The molecule has 0 saturated heterocycles. The molecule has 94 valence electrons. The molecule has 0 unspecified atom stereocenters. The summed E-state index contributed by atoms with van der Waals surface area (Å²) in [6.07, 6.45) is 4.17. The molecule has 0 radical (unpaired) electrons. The van der Waals surface area contributed by atoms with Crippen LogP contribution in [0.25, 0.3) is 0 Å². The summed E-state index contributed by atoms with van der Waals surface area (Å²) in [6.45, 7) is 6.29. The Morgan fingerprint density at radius 3 is 2.82 bits per heavy atom. The normalized spacial score (nSPS) is 11.9. The molecule has 1 aromatic rings. The molecular weight excluding hydrogens is 253 g/mol. The number of benzene rings is 1. The maximum atomic E-state index is 6.13. The smallest absolute Gasteiger partial charge is 0.0442 e. The van der Waals surface area contributed by atoms with E-state index < -0.39 is 0 Å². The standard InChI is InChI=1S/C14H19Cl2N/c1-3-17-8-4-5-11(2)9-12-10-13(15)6-7-14(12)16/h5-7,10,17H,3-4,8-9H2,1-2H3. The summed E-state index contributed by atoms with van der Waals surface area (Å²) in [6, 6.07) is 5.61. The van der Waals surface area contributed by atoms with Gasteiger partial charge >= 0.3 is 0 Å². The second-order valence-electron chi connectivity index (χ2n) is 4.11. The molecular formula is C14H19Cl2N. The Morgan fingerprint density at radius 2 is 2.12 bits per heavy atom. The zero-order chi connectivity index (χ0) is 12.7. The quantitative estimate of drug-likeness (QED) is 0.594. The van der Waals surface area contributed by atoms with E-state index in [2.05, 4.69) is 25.2 Å². The first-order chi connectivity index (χ1) is 8.13. The number of hydrogen-bond acceptors (Lipinski definition) is 1. The summed E-state index contributed by atoms with van der Waals surface area (Å²) in [5.74, 6) is 0. The van der Waals surface area contributed by atoms with E-state index in [4.69, 9.17) is 23.2 Å². The highest BCUT2D eigenvalue weighted by molar-refractivity contribution is 6.33. The van der Waals surface area contributed by atoms with Gasteiger partial charge in [0.05, 0.1) is 0 Å². The lowest BCUT2D eigenvalue weighted by molar-refractivity contribution is 0.724. The van der Waals surface area contributed by atoms with E-state index in [-0.39, 0.29) is 0 Å². The van der Waals surface area contributed by atoms with Crippen LogP contribution in [0.5, 0.6) is 0 Å². The molecule has 0 heterocycles. The average Bonchev–Trinajstić information content (AvgIpc) is 2.29. The third-order valence-corrected chi connectivity index (χ3v) is 3.14. The van der Waals surface area contributed by atoms with Gasteiger partial charge in [-0.05, 0) is 56.6 Å². The van der Waals surface area contributed by atoms with Crippen LogP contribution in [0.3, 0.4) is 0 Å². The van der Waals surface area contributed by atoms with Crippen LogP contribution < -0.4 is 5.32 Å². The van der Waals surface area contributed by atoms with Gasteiger partial charge in [-0.15, -0.1) is 0 Å². The van der Waals surface area contributed by atoms with E-state index >= 15 is 0 Å². The van der Waals surface area contributed by atoms with Crippen LogP contribution in [0.4, 0.5) is 0 Å². The minimum atomic E-state index is 0.741. The number of allylic oxidation sites excluding steroid dienone is 1. The lowest BCUT2D eigenvalue weighted by Gasteiger charge is -2.06. The molecule has 1 aromatic carbocycles. The molecule has 3 heteroatoms. The third-order valence-electron chi connectivity index (χ3n) is 2.54. The van der Waals surface area contributed by atoms with Crippen molar-refractivity contribution in [3.8, 4) is 0 Å². The van der Waals surface area contributed by atoms with Crippen molar-refractivity contribution < 1.29 is 0 Å². The average molecular weight is 272 g/mol. The van der Waals surface area contributed by atoms with Crippen LogP contribution in [0.1, 0.15) is 25.8 Å². The molecule has 0 aliphatic carbocycles. The molecule has 1 nitrogen and oxygen atoms in total. The molecule has 0 aliphatic rings. The minimum Gasteiger partial charge on any atom is -0.317 e. The predicted molar refractivity (Wildman–Crippen MR) is 77.1 cm³/mol. The molecule has 1 rings (SSSR count). The molecule has 0 spiro atoms. The van der Waals surface area contributed by atoms with Gasteiger partial charge in [0.1, 0.15) is 0 Å². The fourth-order valence-corrected chi connectivity index (χ4v) is 2.03. The fraction of sp³-hybridized carbons (Fsp3) is 0.429. The van der Waals surface area contributed by atoms with Crippen LogP contribution in [-0.2, 0) is 6.42 Å². The van der Waals surface area contributed by atoms with E-state index in [1.54, 1.807) is 0 Å². The Hall–Kier alpha value is -0.500. The predicted octanol–water partition coefficient (Wildman–Crippen LogP) is 4.48. The van der Waals surface area contributed by atoms with Crippen LogP contribution in [0, 0.1) is 0 Å². The van der Waals surface area contributed by atoms with Gasteiger partial charge in [0.2, 0.25) is 0 Å². The number of nitrogens with one attached hydrogen (secondary N) is 1. The molecule has 17 heavy (non-hydrogen) atoms. The van der Waals surface area contributed by atoms with Gasteiger partial charge < -0.3 is 5.32 Å². The maximum absolute atomic E-state index is 6.13.